The van der Waals surface area contributed by atoms with E-state index in [1.165, 1.54) is 11.8 Å². The van der Waals surface area contributed by atoms with Gasteiger partial charge in [0.25, 0.3) is 0 Å². The molecule has 0 radical (unpaired) electrons. The van der Waals surface area contributed by atoms with Gasteiger partial charge in [-0.15, -0.1) is 11.8 Å². The normalized spacial score (nSPS) is 10.9. The second-order valence-electron chi connectivity index (χ2n) is 5.15. The highest BCUT2D eigenvalue weighted by Gasteiger charge is 2.16. The standard InChI is InChI=1S/C14H19NO4S/c1-14(2,3)19-13(18)15-10-5-4-6-11(9-10)20-8-7-12(16)17/h4-6,9H,7-8H2,1-3H3,(H,15,18)(H,16,17). The van der Waals surface area contributed by atoms with Crippen molar-refractivity contribution in [1.82, 2.24) is 0 Å². The second kappa shape index (κ2) is 7.19. The molecule has 0 atom stereocenters. The molecule has 0 aromatic heterocycles. The summed E-state index contributed by atoms with van der Waals surface area (Å²) in [5, 5.41) is 11.2. The Kier molecular flexibility index (Phi) is 5.88. The smallest absolute Gasteiger partial charge is 0.412 e. The first kappa shape index (κ1) is 16.4. The molecular weight excluding hydrogens is 278 g/mol. The fraction of sp³-hybridized carbons (Fsp3) is 0.429. The molecule has 0 aliphatic heterocycles. The number of rotatable bonds is 5. The molecule has 110 valence electrons. The largest absolute Gasteiger partial charge is 0.481 e. The summed E-state index contributed by atoms with van der Waals surface area (Å²) in [5.74, 6) is -0.328. The summed E-state index contributed by atoms with van der Waals surface area (Å²) in [5.41, 5.74) is 0.0809. The number of hydrogen-bond acceptors (Lipinski definition) is 4. The minimum absolute atomic E-state index is 0.106. The van der Waals surface area contributed by atoms with Crippen LogP contribution in [0.1, 0.15) is 27.2 Å². The minimum atomic E-state index is -0.819. The Labute approximate surface area is 122 Å². The second-order valence-corrected chi connectivity index (χ2v) is 6.32. The Morgan fingerprint density at radius 1 is 1.35 bits per heavy atom. The number of anilines is 1. The highest BCUT2D eigenvalue weighted by atomic mass is 32.2. The van der Waals surface area contributed by atoms with Crippen molar-refractivity contribution < 1.29 is 19.4 Å². The molecule has 6 heteroatoms. The number of benzene rings is 1. The number of ether oxygens (including phenoxy) is 1. The summed E-state index contributed by atoms with van der Waals surface area (Å²) in [6, 6.07) is 7.21. The van der Waals surface area contributed by atoms with Crippen molar-refractivity contribution in [2.24, 2.45) is 0 Å². The third-order valence-electron chi connectivity index (χ3n) is 2.06. The predicted molar refractivity (Wildman–Crippen MR) is 79.3 cm³/mol. The van der Waals surface area contributed by atoms with Crippen LogP contribution in [0, 0.1) is 0 Å². The monoisotopic (exact) mass is 297 g/mol. The van der Waals surface area contributed by atoms with E-state index in [9.17, 15) is 9.59 Å². The molecule has 0 spiro atoms. The number of thioether (sulfide) groups is 1. The first-order valence-electron chi connectivity index (χ1n) is 6.21. The van der Waals surface area contributed by atoms with Gasteiger partial charge in [-0.25, -0.2) is 4.79 Å². The highest BCUT2D eigenvalue weighted by molar-refractivity contribution is 7.99. The van der Waals surface area contributed by atoms with Crippen LogP contribution in [0.4, 0.5) is 10.5 Å². The zero-order chi connectivity index (χ0) is 15.2. The van der Waals surface area contributed by atoms with Crippen LogP contribution in [0.3, 0.4) is 0 Å². The van der Waals surface area contributed by atoms with Crippen LogP contribution in [-0.2, 0) is 9.53 Å². The third-order valence-corrected chi connectivity index (χ3v) is 3.06. The molecule has 0 saturated carbocycles. The Morgan fingerprint density at radius 3 is 2.65 bits per heavy atom. The zero-order valence-corrected chi connectivity index (χ0v) is 12.6. The zero-order valence-electron chi connectivity index (χ0n) is 11.8. The van der Waals surface area contributed by atoms with E-state index in [1.54, 1.807) is 39.0 Å². The van der Waals surface area contributed by atoms with Crippen molar-refractivity contribution >= 4 is 29.5 Å². The van der Waals surface area contributed by atoms with Crippen molar-refractivity contribution in [2.75, 3.05) is 11.1 Å². The summed E-state index contributed by atoms with van der Waals surface area (Å²) >= 11 is 1.43. The number of aliphatic carboxylic acids is 1. The molecule has 0 aliphatic rings. The molecule has 1 aromatic rings. The number of carboxylic acids is 1. The Bertz CT molecular complexity index is 482. The lowest BCUT2D eigenvalue weighted by molar-refractivity contribution is -0.136. The molecule has 0 saturated heterocycles. The first-order valence-corrected chi connectivity index (χ1v) is 7.19. The summed E-state index contributed by atoms with van der Waals surface area (Å²) in [4.78, 5) is 23.0. The Morgan fingerprint density at radius 2 is 2.05 bits per heavy atom. The maximum absolute atomic E-state index is 11.6. The lowest BCUT2D eigenvalue weighted by atomic mass is 10.2. The molecule has 1 aromatic carbocycles. The van der Waals surface area contributed by atoms with Gasteiger partial charge in [-0.2, -0.15) is 0 Å². The summed E-state index contributed by atoms with van der Waals surface area (Å²) in [7, 11) is 0. The van der Waals surface area contributed by atoms with Gasteiger partial charge in [0.15, 0.2) is 0 Å². The van der Waals surface area contributed by atoms with Gasteiger partial charge in [0.2, 0.25) is 0 Å². The van der Waals surface area contributed by atoms with E-state index in [0.717, 1.165) is 4.90 Å². The maximum atomic E-state index is 11.6. The van der Waals surface area contributed by atoms with Crippen molar-refractivity contribution in [3.05, 3.63) is 24.3 Å². The van der Waals surface area contributed by atoms with Crippen LogP contribution < -0.4 is 5.32 Å². The van der Waals surface area contributed by atoms with Gasteiger partial charge in [-0.05, 0) is 39.0 Å². The van der Waals surface area contributed by atoms with Crippen molar-refractivity contribution in [2.45, 2.75) is 37.7 Å². The van der Waals surface area contributed by atoms with E-state index in [0.29, 0.717) is 11.4 Å². The lowest BCUT2D eigenvalue weighted by Gasteiger charge is -2.19. The fourth-order valence-electron chi connectivity index (χ4n) is 1.34. The van der Waals surface area contributed by atoms with Gasteiger partial charge >= 0.3 is 12.1 Å². The lowest BCUT2D eigenvalue weighted by Crippen LogP contribution is -2.27. The Balaban J connectivity index is 2.55. The molecule has 0 unspecified atom stereocenters. The topological polar surface area (TPSA) is 75.6 Å². The van der Waals surface area contributed by atoms with E-state index >= 15 is 0 Å². The van der Waals surface area contributed by atoms with Crippen LogP contribution in [0.5, 0.6) is 0 Å². The van der Waals surface area contributed by atoms with Gasteiger partial charge < -0.3 is 9.84 Å². The van der Waals surface area contributed by atoms with Gasteiger partial charge in [0, 0.05) is 16.3 Å². The average Bonchev–Trinajstić information content (AvgIpc) is 2.26. The van der Waals surface area contributed by atoms with Crippen LogP contribution in [0.25, 0.3) is 0 Å². The van der Waals surface area contributed by atoms with Crippen LogP contribution >= 0.6 is 11.8 Å². The molecule has 0 heterocycles. The number of carbonyl (C=O) groups is 2. The molecule has 2 N–H and O–H groups in total. The molecule has 20 heavy (non-hydrogen) atoms. The molecule has 5 nitrogen and oxygen atoms in total. The van der Waals surface area contributed by atoms with E-state index in [-0.39, 0.29) is 6.42 Å². The number of hydrogen-bond donors (Lipinski definition) is 2. The summed E-state index contributed by atoms with van der Waals surface area (Å²) in [6.45, 7) is 5.39. The van der Waals surface area contributed by atoms with E-state index in [4.69, 9.17) is 9.84 Å². The number of nitrogens with one attached hydrogen (secondary N) is 1. The number of amides is 1. The van der Waals surface area contributed by atoms with E-state index < -0.39 is 17.7 Å². The number of carboxylic acid groups (broad SMARTS) is 1. The predicted octanol–water partition coefficient (Wildman–Crippen LogP) is 3.60. The van der Waals surface area contributed by atoms with Crippen molar-refractivity contribution in [3.8, 4) is 0 Å². The van der Waals surface area contributed by atoms with Crippen molar-refractivity contribution in [3.63, 3.8) is 0 Å². The molecule has 0 bridgehead atoms. The Hall–Kier alpha value is -1.69. The summed E-state index contributed by atoms with van der Waals surface area (Å²) in [6.07, 6.45) is -0.404. The van der Waals surface area contributed by atoms with Gasteiger partial charge in [-0.1, -0.05) is 6.07 Å². The SMILES string of the molecule is CC(C)(C)OC(=O)Nc1cccc(SCCC(=O)O)c1. The van der Waals surface area contributed by atoms with Crippen LogP contribution in [0.2, 0.25) is 0 Å². The third kappa shape index (κ3) is 7.04. The van der Waals surface area contributed by atoms with Crippen molar-refractivity contribution in [1.29, 1.82) is 0 Å². The van der Waals surface area contributed by atoms with Gasteiger partial charge in [0.1, 0.15) is 5.60 Å². The minimum Gasteiger partial charge on any atom is -0.481 e. The summed E-state index contributed by atoms with van der Waals surface area (Å²) < 4.78 is 5.16. The highest BCUT2D eigenvalue weighted by Crippen LogP contribution is 2.22. The van der Waals surface area contributed by atoms with Gasteiger partial charge in [0.05, 0.1) is 6.42 Å². The van der Waals surface area contributed by atoms with E-state index in [1.807, 2.05) is 6.07 Å². The average molecular weight is 297 g/mol. The number of carbonyl (C=O) groups excluding carboxylic acids is 1. The quantitative estimate of drug-likeness (QED) is 0.812. The maximum Gasteiger partial charge on any atom is 0.412 e. The molecule has 1 rings (SSSR count). The van der Waals surface area contributed by atoms with Crippen LogP contribution in [0.15, 0.2) is 29.2 Å². The molecule has 1 amide bonds. The first-order chi connectivity index (χ1) is 9.26. The molecular formula is C14H19NO4S. The van der Waals surface area contributed by atoms with E-state index in [2.05, 4.69) is 5.32 Å². The molecule has 0 fully saturated rings. The fourth-order valence-corrected chi connectivity index (χ4v) is 2.24. The molecule has 0 aliphatic carbocycles. The van der Waals surface area contributed by atoms with Crippen LogP contribution in [-0.4, -0.2) is 28.5 Å². The van der Waals surface area contributed by atoms with Gasteiger partial charge in [-0.3, -0.25) is 10.1 Å².